The molecule has 1 amide bonds. The highest BCUT2D eigenvalue weighted by Gasteiger charge is 2.36. The van der Waals surface area contributed by atoms with E-state index in [1.807, 2.05) is 9.80 Å². The fourth-order valence-electron chi connectivity index (χ4n) is 3.97. The summed E-state index contributed by atoms with van der Waals surface area (Å²) in [4.78, 5) is 51.5. The summed E-state index contributed by atoms with van der Waals surface area (Å²) < 4.78 is 5.10. The van der Waals surface area contributed by atoms with Gasteiger partial charge in [-0.25, -0.2) is 0 Å². The van der Waals surface area contributed by atoms with Crippen molar-refractivity contribution in [1.82, 2.24) is 0 Å². The molecule has 2 N–H and O–H groups in total. The van der Waals surface area contributed by atoms with Gasteiger partial charge in [0.15, 0.2) is 0 Å². The molecule has 3 rings (SSSR count). The van der Waals surface area contributed by atoms with Crippen molar-refractivity contribution in [2.75, 3.05) is 42.6 Å². The molecule has 0 aromatic heterocycles. The van der Waals surface area contributed by atoms with Crippen molar-refractivity contribution < 1.29 is 14.3 Å². The number of anilines is 2. The average molecular weight is 363 g/mol. The number of nitrogens with two attached hydrogens (primary N) is 1. The zero-order valence-electron chi connectivity index (χ0n) is 15.0. The second-order valence-corrected chi connectivity index (χ2v) is 7.06. The fourth-order valence-corrected chi connectivity index (χ4v) is 3.97. The van der Waals surface area contributed by atoms with Gasteiger partial charge in [0.1, 0.15) is 11.4 Å². The smallest absolute Gasteiger partial charge is 0.310 e. The molecular formula is C18H25N3O5. The SMILES string of the molecule is CCOC(=O)[C@H]1CCCN(c2c(N3CCC(C(N)=O)CC3)c(=O)c2=O)C1. The Balaban J connectivity index is 1.75. The molecule has 0 aliphatic carbocycles. The van der Waals surface area contributed by atoms with Crippen LogP contribution in [-0.4, -0.2) is 44.7 Å². The molecule has 2 aliphatic rings. The molecule has 0 radical (unpaired) electrons. The van der Waals surface area contributed by atoms with Gasteiger partial charge in [-0.05, 0) is 32.6 Å². The number of rotatable bonds is 5. The van der Waals surface area contributed by atoms with Crippen molar-refractivity contribution in [3.05, 3.63) is 20.4 Å². The predicted molar refractivity (Wildman–Crippen MR) is 97.1 cm³/mol. The van der Waals surface area contributed by atoms with Crippen molar-refractivity contribution in [1.29, 1.82) is 0 Å². The molecule has 2 fully saturated rings. The summed E-state index contributed by atoms with van der Waals surface area (Å²) in [6.07, 6.45) is 2.66. The number of piperidine rings is 2. The van der Waals surface area contributed by atoms with Crippen LogP contribution in [-0.2, 0) is 14.3 Å². The van der Waals surface area contributed by atoms with Crippen molar-refractivity contribution in [3.63, 3.8) is 0 Å². The quantitative estimate of drug-likeness (QED) is 0.568. The highest BCUT2D eigenvalue weighted by Crippen LogP contribution is 2.31. The van der Waals surface area contributed by atoms with E-state index >= 15 is 0 Å². The minimum Gasteiger partial charge on any atom is -0.466 e. The highest BCUT2D eigenvalue weighted by atomic mass is 16.5. The number of primary amides is 1. The van der Waals surface area contributed by atoms with Crippen LogP contribution in [0.25, 0.3) is 0 Å². The van der Waals surface area contributed by atoms with Gasteiger partial charge >= 0.3 is 5.97 Å². The highest BCUT2D eigenvalue weighted by molar-refractivity contribution is 5.80. The molecule has 1 aromatic rings. The van der Waals surface area contributed by atoms with Crippen molar-refractivity contribution >= 4 is 23.3 Å². The third kappa shape index (κ3) is 3.32. The molecule has 0 spiro atoms. The normalized spacial score (nSPS) is 21.8. The average Bonchev–Trinajstić information content (AvgIpc) is 2.65. The van der Waals surface area contributed by atoms with E-state index in [0.717, 1.165) is 12.8 Å². The second-order valence-electron chi connectivity index (χ2n) is 7.06. The van der Waals surface area contributed by atoms with Crippen LogP contribution in [0.2, 0.25) is 0 Å². The molecule has 2 saturated heterocycles. The van der Waals surface area contributed by atoms with Crippen LogP contribution >= 0.6 is 0 Å². The number of esters is 1. The number of carbonyl (C=O) groups excluding carboxylic acids is 2. The van der Waals surface area contributed by atoms with E-state index < -0.39 is 10.9 Å². The van der Waals surface area contributed by atoms with Gasteiger partial charge in [0, 0.05) is 32.1 Å². The Morgan fingerprint density at radius 3 is 2.19 bits per heavy atom. The maximum atomic E-state index is 12.2. The van der Waals surface area contributed by atoms with Gasteiger partial charge in [0.05, 0.1) is 12.5 Å². The summed E-state index contributed by atoms with van der Waals surface area (Å²) >= 11 is 0. The van der Waals surface area contributed by atoms with E-state index in [2.05, 4.69) is 0 Å². The monoisotopic (exact) mass is 363 g/mol. The Kier molecular flexibility index (Phi) is 5.29. The molecule has 0 saturated carbocycles. The Morgan fingerprint density at radius 1 is 1.00 bits per heavy atom. The van der Waals surface area contributed by atoms with Gasteiger partial charge in [-0.3, -0.25) is 19.2 Å². The van der Waals surface area contributed by atoms with E-state index in [4.69, 9.17) is 10.5 Å². The lowest BCUT2D eigenvalue weighted by Gasteiger charge is -2.39. The Bertz CT molecular complexity index is 759. The van der Waals surface area contributed by atoms with Crippen LogP contribution in [0.5, 0.6) is 0 Å². The number of ether oxygens (including phenoxy) is 1. The maximum absolute atomic E-state index is 12.2. The molecule has 1 atom stereocenters. The standard InChI is InChI=1S/C18H25N3O5/c1-2-26-18(25)12-4-3-7-21(10-12)14-13(15(22)16(14)23)20-8-5-11(6-9-20)17(19)24/h11-12H,2-10H2,1H3,(H2,19,24)/t12-/m0/s1. The zero-order valence-corrected chi connectivity index (χ0v) is 15.0. The Labute approximate surface area is 151 Å². The third-order valence-electron chi connectivity index (χ3n) is 5.43. The van der Waals surface area contributed by atoms with Crippen LogP contribution in [0.4, 0.5) is 11.4 Å². The molecule has 8 heteroatoms. The molecule has 8 nitrogen and oxygen atoms in total. The first-order valence-corrected chi connectivity index (χ1v) is 9.23. The summed E-state index contributed by atoms with van der Waals surface area (Å²) in [7, 11) is 0. The summed E-state index contributed by atoms with van der Waals surface area (Å²) in [6.45, 7) is 4.19. The lowest BCUT2D eigenvalue weighted by atomic mass is 9.94. The van der Waals surface area contributed by atoms with Gasteiger partial charge in [-0.2, -0.15) is 0 Å². The van der Waals surface area contributed by atoms with Gasteiger partial charge in [-0.1, -0.05) is 0 Å². The zero-order chi connectivity index (χ0) is 18.8. The van der Waals surface area contributed by atoms with E-state index in [1.165, 1.54) is 0 Å². The summed E-state index contributed by atoms with van der Waals surface area (Å²) in [5.41, 5.74) is 5.24. The second kappa shape index (κ2) is 7.47. The van der Waals surface area contributed by atoms with Gasteiger partial charge < -0.3 is 20.3 Å². The van der Waals surface area contributed by atoms with Crippen LogP contribution in [0, 0.1) is 11.8 Å². The topological polar surface area (TPSA) is 110 Å². The van der Waals surface area contributed by atoms with Crippen LogP contribution in [0.15, 0.2) is 9.59 Å². The fraction of sp³-hybridized carbons (Fsp3) is 0.667. The van der Waals surface area contributed by atoms with Crippen LogP contribution in [0.1, 0.15) is 32.6 Å². The van der Waals surface area contributed by atoms with E-state index in [-0.39, 0.29) is 23.7 Å². The molecule has 2 heterocycles. The first-order valence-electron chi connectivity index (χ1n) is 9.23. The number of amides is 1. The van der Waals surface area contributed by atoms with Crippen LogP contribution < -0.4 is 26.4 Å². The van der Waals surface area contributed by atoms with Gasteiger partial charge in [0.2, 0.25) is 5.91 Å². The molecule has 1 aromatic carbocycles. The Morgan fingerprint density at radius 2 is 1.62 bits per heavy atom. The first kappa shape index (κ1) is 18.4. The summed E-state index contributed by atoms with van der Waals surface area (Å²) in [5.74, 6) is -1.02. The van der Waals surface area contributed by atoms with Crippen molar-refractivity contribution in [3.8, 4) is 0 Å². The number of carbonyl (C=O) groups is 2. The minimum absolute atomic E-state index is 0.177. The third-order valence-corrected chi connectivity index (χ3v) is 5.43. The molecule has 2 aliphatic heterocycles. The predicted octanol–water partition coefficient (Wildman–Crippen LogP) is -0.236. The van der Waals surface area contributed by atoms with E-state index in [1.54, 1.807) is 6.92 Å². The lowest BCUT2D eigenvalue weighted by molar-refractivity contribution is -0.148. The minimum atomic E-state index is -0.485. The lowest BCUT2D eigenvalue weighted by Crippen LogP contribution is -2.51. The van der Waals surface area contributed by atoms with E-state index in [0.29, 0.717) is 57.0 Å². The first-order chi connectivity index (χ1) is 12.4. The van der Waals surface area contributed by atoms with Gasteiger partial charge in [-0.15, -0.1) is 0 Å². The molecule has 0 unspecified atom stereocenters. The largest absolute Gasteiger partial charge is 0.466 e. The molecule has 26 heavy (non-hydrogen) atoms. The van der Waals surface area contributed by atoms with Crippen LogP contribution in [0.3, 0.4) is 0 Å². The van der Waals surface area contributed by atoms with Crippen molar-refractivity contribution in [2.24, 2.45) is 17.6 Å². The molecular weight excluding hydrogens is 338 g/mol. The van der Waals surface area contributed by atoms with Gasteiger partial charge in [0.25, 0.3) is 10.9 Å². The number of hydrogen-bond donors (Lipinski definition) is 1. The summed E-state index contributed by atoms with van der Waals surface area (Å²) in [6, 6.07) is 0. The molecule has 142 valence electrons. The number of nitrogens with zero attached hydrogens (tertiary/aromatic N) is 2. The maximum Gasteiger partial charge on any atom is 0.310 e. The van der Waals surface area contributed by atoms with Crippen molar-refractivity contribution in [2.45, 2.75) is 32.6 Å². The Hall–Kier alpha value is -2.38. The summed E-state index contributed by atoms with van der Waals surface area (Å²) in [5, 5.41) is 0. The van der Waals surface area contributed by atoms with E-state index in [9.17, 15) is 19.2 Å². The number of hydrogen-bond acceptors (Lipinski definition) is 7. The molecule has 0 bridgehead atoms.